The van der Waals surface area contributed by atoms with Gasteiger partial charge in [0.25, 0.3) is 0 Å². The summed E-state index contributed by atoms with van der Waals surface area (Å²) in [4.78, 5) is 13.3. The Kier molecular flexibility index (Phi) is 2.66. The van der Waals surface area contributed by atoms with E-state index in [1.165, 1.54) is 0 Å². The second-order valence-corrected chi connectivity index (χ2v) is 4.16. The molecule has 1 heterocycles. The van der Waals surface area contributed by atoms with Crippen LogP contribution in [0, 0.1) is 0 Å². The van der Waals surface area contributed by atoms with Crippen LogP contribution in [0.1, 0.15) is 5.56 Å². The molecule has 1 amide bonds. The largest absolute Gasteiger partial charge is 0.520 e. The van der Waals surface area contributed by atoms with Crippen molar-refractivity contribution >= 4 is 6.09 Å². The SMILES string of the molecule is CN1C=C[N+](Cc2ccccc2)(C(=O)O)C1. The maximum atomic E-state index is 11.4. The summed E-state index contributed by atoms with van der Waals surface area (Å²) in [5.74, 6) is 0. The summed E-state index contributed by atoms with van der Waals surface area (Å²) in [5, 5.41) is 9.34. The fraction of sp³-hybridized carbons (Fsp3) is 0.250. The molecule has 0 aromatic heterocycles. The van der Waals surface area contributed by atoms with Crippen LogP contribution in [0.4, 0.5) is 4.79 Å². The molecule has 0 aliphatic carbocycles. The summed E-state index contributed by atoms with van der Waals surface area (Å²) < 4.78 is -0.0550. The van der Waals surface area contributed by atoms with Gasteiger partial charge >= 0.3 is 6.09 Å². The third kappa shape index (κ3) is 1.92. The molecule has 0 spiro atoms. The molecule has 0 bridgehead atoms. The van der Waals surface area contributed by atoms with Crippen LogP contribution in [0.5, 0.6) is 0 Å². The molecule has 2 rings (SSSR count). The fourth-order valence-electron chi connectivity index (χ4n) is 1.94. The Labute approximate surface area is 94.6 Å². The second kappa shape index (κ2) is 3.98. The van der Waals surface area contributed by atoms with E-state index in [2.05, 4.69) is 0 Å². The predicted molar refractivity (Wildman–Crippen MR) is 60.2 cm³/mol. The number of hydrogen-bond acceptors (Lipinski definition) is 2. The molecule has 1 aliphatic rings. The van der Waals surface area contributed by atoms with Gasteiger partial charge in [-0.1, -0.05) is 30.3 Å². The van der Waals surface area contributed by atoms with Crippen molar-refractivity contribution in [3.8, 4) is 0 Å². The normalized spacial score (nSPS) is 23.7. The van der Waals surface area contributed by atoms with Crippen molar-refractivity contribution in [2.75, 3.05) is 13.7 Å². The monoisotopic (exact) mass is 219 g/mol. The summed E-state index contributed by atoms with van der Waals surface area (Å²) in [7, 11) is 1.88. The number of benzene rings is 1. The van der Waals surface area contributed by atoms with Gasteiger partial charge in [-0.15, -0.1) is 0 Å². The van der Waals surface area contributed by atoms with E-state index in [9.17, 15) is 9.90 Å². The molecule has 0 saturated heterocycles. The highest BCUT2D eigenvalue weighted by atomic mass is 16.4. The number of nitrogens with zero attached hydrogens (tertiary/aromatic N) is 2. The average molecular weight is 219 g/mol. The molecule has 1 aromatic rings. The summed E-state index contributed by atoms with van der Waals surface area (Å²) in [6.45, 7) is 0.960. The van der Waals surface area contributed by atoms with Crippen LogP contribution in [0.3, 0.4) is 0 Å². The highest BCUT2D eigenvalue weighted by Crippen LogP contribution is 2.21. The van der Waals surface area contributed by atoms with Gasteiger partial charge in [0, 0.05) is 12.6 Å². The number of rotatable bonds is 2. The smallest absolute Gasteiger partial charge is 0.435 e. The maximum Gasteiger partial charge on any atom is 0.520 e. The van der Waals surface area contributed by atoms with Gasteiger partial charge in [-0.3, -0.25) is 0 Å². The van der Waals surface area contributed by atoms with E-state index in [1.54, 1.807) is 6.20 Å². The highest BCUT2D eigenvalue weighted by Gasteiger charge is 2.39. The van der Waals surface area contributed by atoms with Gasteiger partial charge < -0.3 is 10.0 Å². The zero-order valence-corrected chi connectivity index (χ0v) is 9.21. The van der Waals surface area contributed by atoms with E-state index < -0.39 is 6.09 Å². The van der Waals surface area contributed by atoms with Crippen LogP contribution >= 0.6 is 0 Å². The summed E-state index contributed by atoms with van der Waals surface area (Å²) in [6, 6.07) is 9.69. The first-order chi connectivity index (χ1) is 7.62. The van der Waals surface area contributed by atoms with Crippen molar-refractivity contribution in [2.45, 2.75) is 6.54 Å². The average Bonchev–Trinajstić information content (AvgIpc) is 2.63. The molecule has 0 fully saturated rings. The third-order valence-electron chi connectivity index (χ3n) is 2.77. The van der Waals surface area contributed by atoms with E-state index >= 15 is 0 Å². The van der Waals surface area contributed by atoms with Gasteiger partial charge in [-0.2, -0.15) is 9.28 Å². The van der Waals surface area contributed by atoms with Gasteiger partial charge in [0.05, 0.1) is 6.20 Å². The summed E-state index contributed by atoms with van der Waals surface area (Å²) in [6.07, 6.45) is 2.73. The van der Waals surface area contributed by atoms with Gasteiger partial charge in [-0.05, 0) is 0 Å². The molecule has 0 saturated carbocycles. The molecule has 1 aliphatic heterocycles. The molecule has 4 nitrogen and oxygen atoms in total. The molecule has 1 atom stereocenters. The van der Waals surface area contributed by atoms with E-state index in [0.29, 0.717) is 13.2 Å². The number of carboxylic acid groups (broad SMARTS) is 1. The zero-order chi connectivity index (χ0) is 11.6. The first-order valence-corrected chi connectivity index (χ1v) is 5.16. The molecule has 1 aromatic carbocycles. The fourth-order valence-corrected chi connectivity index (χ4v) is 1.94. The quantitative estimate of drug-likeness (QED) is 0.774. The number of carbonyl (C=O) groups is 1. The van der Waals surface area contributed by atoms with Crippen LogP contribution in [0.2, 0.25) is 0 Å². The Morgan fingerprint density at radius 2 is 2.12 bits per heavy atom. The van der Waals surface area contributed by atoms with Gasteiger partial charge in [0.1, 0.15) is 12.7 Å². The standard InChI is InChI=1S/C12H14N2O2/c1-13-7-8-14(10-13,12(15)16)9-11-5-3-2-4-6-11/h2-8H,9-10H2,1H3/p+1. The Hall–Kier alpha value is -1.81. The Morgan fingerprint density at radius 3 is 2.62 bits per heavy atom. The lowest BCUT2D eigenvalue weighted by Gasteiger charge is -2.26. The third-order valence-corrected chi connectivity index (χ3v) is 2.77. The van der Waals surface area contributed by atoms with Crippen molar-refractivity contribution < 1.29 is 14.4 Å². The van der Waals surface area contributed by atoms with E-state index in [0.717, 1.165) is 5.56 Å². The molecule has 1 N–H and O–H groups in total. The first kappa shape index (κ1) is 10.7. The summed E-state index contributed by atoms with van der Waals surface area (Å²) in [5.41, 5.74) is 1.03. The van der Waals surface area contributed by atoms with Gasteiger partial charge in [0.15, 0.2) is 6.67 Å². The van der Waals surface area contributed by atoms with Crippen LogP contribution < -0.4 is 0 Å². The van der Waals surface area contributed by atoms with Crippen molar-refractivity contribution in [3.63, 3.8) is 0 Å². The lowest BCUT2D eigenvalue weighted by atomic mass is 10.2. The summed E-state index contributed by atoms with van der Waals surface area (Å²) >= 11 is 0. The Balaban J connectivity index is 2.23. The van der Waals surface area contributed by atoms with Gasteiger partial charge in [0.2, 0.25) is 0 Å². The van der Waals surface area contributed by atoms with Crippen LogP contribution in [0.15, 0.2) is 42.7 Å². The number of amides is 1. The topological polar surface area (TPSA) is 40.5 Å². The Bertz CT molecular complexity index is 416. The molecule has 16 heavy (non-hydrogen) atoms. The van der Waals surface area contributed by atoms with Crippen LogP contribution in [0.25, 0.3) is 0 Å². The van der Waals surface area contributed by atoms with Crippen LogP contribution in [-0.2, 0) is 6.54 Å². The number of hydrogen-bond donors (Lipinski definition) is 1. The lowest BCUT2D eigenvalue weighted by molar-refractivity contribution is -0.821. The minimum Gasteiger partial charge on any atom is -0.435 e. The maximum absolute atomic E-state index is 11.4. The van der Waals surface area contributed by atoms with Gasteiger partial charge in [-0.25, -0.2) is 0 Å². The van der Waals surface area contributed by atoms with E-state index in [-0.39, 0.29) is 4.48 Å². The predicted octanol–water partition coefficient (Wildman–Crippen LogP) is 2.06. The van der Waals surface area contributed by atoms with E-state index in [1.807, 2.05) is 48.5 Å². The Morgan fingerprint density at radius 1 is 1.44 bits per heavy atom. The molecule has 4 heteroatoms. The highest BCUT2D eigenvalue weighted by molar-refractivity contribution is 5.58. The molecule has 1 unspecified atom stereocenters. The van der Waals surface area contributed by atoms with E-state index in [4.69, 9.17) is 0 Å². The first-order valence-electron chi connectivity index (χ1n) is 5.16. The zero-order valence-electron chi connectivity index (χ0n) is 9.21. The molecule has 84 valence electrons. The molecule has 0 radical (unpaired) electrons. The second-order valence-electron chi connectivity index (χ2n) is 4.16. The molecular formula is C12H15N2O2+. The molecular weight excluding hydrogens is 204 g/mol. The lowest BCUT2D eigenvalue weighted by Crippen LogP contribution is -2.47. The minimum atomic E-state index is -0.815. The minimum absolute atomic E-state index is 0.0550. The van der Waals surface area contributed by atoms with Crippen molar-refractivity contribution in [1.82, 2.24) is 4.90 Å². The van der Waals surface area contributed by atoms with Crippen molar-refractivity contribution in [1.29, 1.82) is 0 Å². The van der Waals surface area contributed by atoms with Crippen molar-refractivity contribution in [2.24, 2.45) is 0 Å². The number of quaternary nitrogens is 1. The van der Waals surface area contributed by atoms with Crippen molar-refractivity contribution in [3.05, 3.63) is 48.3 Å². The van der Waals surface area contributed by atoms with Crippen LogP contribution in [-0.4, -0.2) is 34.3 Å².